The second-order valence-corrected chi connectivity index (χ2v) is 5.89. The normalized spacial score (nSPS) is 28.7. The molecule has 1 saturated carbocycles. The number of carboxylic acids is 1. The predicted octanol–water partition coefficient (Wildman–Crippen LogP) is 1.51. The first kappa shape index (κ1) is 16.0. The number of carboxylic acid groups (broad SMARTS) is 1. The van der Waals surface area contributed by atoms with Gasteiger partial charge < -0.3 is 16.2 Å². The van der Waals surface area contributed by atoms with Crippen LogP contribution in [-0.2, 0) is 9.59 Å². The van der Waals surface area contributed by atoms with Crippen LogP contribution in [0.25, 0.3) is 0 Å². The molecule has 1 atom stereocenters. The summed E-state index contributed by atoms with van der Waals surface area (Å²) in [4.78, 5) is 23.6. The maximum atomic E-state index is 12.1. The summed E-state index contributed by atoms with van der Waals surface area (Å²) in [5.74, 6) is -0.706. The maximum absolute atomic E-state index is 12.1. The Kier molecular flexibility index (Phi) is 5.79. The third-order valence-electron chi connectivity index (χ3n) is 4.19. The fourth-order valence-corrected chi connectivity index (χ4v) is 2.56. The van der Waals surface area contributed by atoms with E-state index in [-0.39, 0.29) is 11.8 Å². The maximum Gasteiger partial charge on any atom is 0.329 e. The fourth-order valence-electron chi connectivity index (χ4n) is 2.56. The number of hydrogen-bond donors (Lipinski definition) is 3. The average molecular weight is 270 g/mol. The van der Waals surface area contributed by atoms with Crippen LogP contribution in [0.3, 0.4) is 0 Å². The first-order valence-corrected chi connectivity index (χ1v) is 7.17. The van der Waals surface area contributed by atoms with Crippen molar-refractivity contribution >= 4 is 11.9 Å². The highest BCUT2D eigenvalue weighted by molar-refractivity contribution is 5.88. The molecule has 0 aliphatic heterocycles. The van der Waals surface area contributed by atoms with Gasteiger partial charge in [-0.2, -0.15) is 0 Å². The van der Waals surface area contributed by atoms with Gasteiger partial charge in [0.05, 0.1) is 0 Å². The lowest BCUT2D eigenvalue weighted by molar-refractivity contribution is -0.150. The molecular weight excluding hydrogens is 244 g/mol. The van der Waals surface area contributed by atoms with Crippen molar-refractivity contribution in [3.8, 4) is 0 Å². The van der Waals surface area contributed by atoms with E-state index in [1.165, 1.54) is 0 Å². The number of hydrogen-bond acceptors (Lipinski definition) is 3. The molecule has 0 saturated heterocycles. The fraction of sp³-hybridized carbons (Fsp3) is 0.857. The van der Waals surface area contributed by atoms with E-state index in [9.17, 15) is 14.7 Å². The molecule has 1 rings (SSSR count). The van der Waals surface area contributed by atoms with Crippen LogP contribution in [0.1, 0.15) is 52.4 Å². The zero-order valence-corrected chi connectivity index (χ0v) is 11.9. The molecule has 1 amide bonds. The Morgan fingerprint density at radius 1 is 1.42 bits per heavy atom. The summed E-state index contributed by atoms with van der Waals surface area (Å²) in [5.41, 5.74) is 4.37. The van der Waals surface area contributed by atoms with Crippen LogP contribution in [-0.4, -0.2) is 29.1 Å². The Morgan fingerprint density at radius 2 is 2.00 bits per heavy atom. The van der Waals surface area contributed by atoms with Crippen molar-refractivity contribution in [3.63, 3.8) is 0 Å². The van der Waals surface area contributed by atoms with Crippen molar-refractivity contribution in [1.82, 2.24) is 5.32 Å². The minimum Gasteiger partial charge on any atom is -0.480 e. The van der Waals surface area contributed by atoms with Crippen LogP contribution < -0.4 is 11.1 Å². The van der Waals surface area contributed by atoms with Gasteiger partial charge in [0, 0.05) is 5.92 Å². The summed E-state index contributed by atoms with van der Waals surface area (Å²) in [7, 11) is 0. The number of nitrogens with two attached hydrogens (primary N) is 1. The van der Waals surface area contributed by atoms with Gasteiger partial charge in [-0.1, -0.05) is 13.8 Å². The molecule has 0 radical (unpaired) electrons. The summed E-state index contributed by atoms with van der Waals surface area (Å²) in [5, 5.41) is 12.2. The van der Waals surface area contributed by atoms with Gasteiger partial charge in [0.25, 0.3) is 0 Å². The zero-order valence-electron chi connectivity index (χ0n) is 11.9. The third kappa shape index (κ3) is 4.20. The van der Waals surface area contributed by atoms with Crippen molar-refractivity contribution < 1.29 is 14.7 Å². The van der Waals surface area contributed by atoms with E-state index < -0.39 is 11.5 Å². The summed E-state index contributed by atoms with van der Waals surface area (Å²) in [6.07, 6.45) is 4.24. The molecule has 1 aliphatic rings. The molecule has 0 spiro atoms. The monoisotopic (exact) mass is 270 g/mol. The molecule has 0 heterocycles. The minimum absolute atomic E-state index is 0.162. The Morgan fingerprint density at radius 3 is 2.47 bits per heavy atom. The second-order valence-electron chi connectivity index (χ2n) is 5.89. The highest BCUT2D eigenvalue weighted by Gasteiger charge is 2.42. The highest BCUT2D eigenvalue weighted by atomic mass is 16.4. The summed E-state index contributed by atoms with van der Waals surface area (Å²) >= 11 is 0. The lowest BCUT2D eigenvalue weighted by Crippen LogP contribution is -2.57. The quantitative estimate of drug-likeness (QED) is 0.682. The smallest absolute Gasteiger partial charge is 0.329 e. The topological polar surface area (TPSA) is 92.4 Å². The largest absolute Gasteiger partial charge is 0.480 e. The Bertz CT molecular complexity index is 323. The van der Waals surface area contributed by atoms with Crippen molar-refractivity contribution in [1.29, 1.82) is 0 Å². The first-order chi connectivity index (χ1) is 8.91. The summed E-state index contributed by atoms with van der Waals surface area (Å²) < 4.78 is 0. The Labute approximate surface area is 114 Å². The molecular formula is C14H26N2O3. The molecule has 5 nitrogen and oxygen atoms in total. The van der Waals surface area contributed by atoms with E-state index in [2.05, 4.69) is 12.2 Å². The molecule has 1 aliphatic carbocycles. The Hall–Kier alpha value is -1.10. The number of nitrogens with one attached hydrogen (secondary N) is 1. The van der Waals surface area contributed by atoms with Crippen LogP contribution in [0.2, 0.25) is 0 Å². The van der Waals surface area contributed by atoms with E-state index in [0.29, 0.717) is 31.7 Å². The van der Waals surface area contributed by atoms with Crippen LogP contribution in [0.4, 0.5) is 0 Å². The van der Waals surface area contributed by atoms with Gasteiger partial charge in [-0.15, -0.1) is 0 Å². The van der Waals surface area contributed by atoms with Crippen molar-refractivity contribution in [2.75, 3.05) is 6.54 Å². The molecule has 5 heteroatoms. The number of carbonyl (C=O) groups excluding carboxylic acids is 1. The predicted molar refractivity (Wildman–Crippen MR) is 73.6 cm³/mol. The second kappa shape index (κ2) is 6.89. The van der Waals surface area contributed by atoms with Crippen molar-refractivity contribution in [2.45, 2.75) is 57.9 Å². The van der Waals surface area contributed by atoms with Crippen LogP contribution in [0, 0.1) is 11.8 Å². The molecule has 0 aromatic heterocycles. The zero-order chi connectivity index (χ0) is 14.5. The number of carbonyl (C=O) groups is 2. The van der Waals surface area contributed by atoms with Crippen LogP contribution in [0.15, 0.2) is 0 Å². The molecule has 19 heavy (non-hydrogen) atoms. The first-order valence-electron chi connectivity index (χ1n) is 7.17. The van der Waals surface area contributed by atoms with E-state index in [1.807, 2.05) is 6.92 Å². The molecule has 0 aromatic carbocycles. The lowest BCUT2D eigenvalue weighted by Gasteiger charge is -2.37. The number of aliphatic carboxylic acids is 1. The van der Waals surface area contributed by atoms with Gasteiger partial charge >= 0.3 is 5.97 Å². The summed E-state index contributed by atoms with van der Waals surface area (Å²) in [6.45, 7) is 4.50. The van der Waals surface area contributed by atoms with Gasteiger partial charge in [0.15, 0.2) is 0 Å². The number of amides is 1. The molecule has 0 aromatic rings. The minimum atomic E-state index is -1.05. The van der Waals surface area contributed by atoms with E-state index in [0.717, 1.165) is 19.3 Å². The molecule has 110 valence electrons. The molecule has 1 fully saturated rings. The average Bonchev–Trinajstić information content (AvgIpc) is 2.38. The van der Waals surface area contributed by atoms with Crippen molar-refractivity contribution in [2.24, 2.45) is 17.6 Å². The Balaban J connectivity index is 2.63. The van der Waals surface area contributed by atoms with Gasteiger partial charge in [-0.3, -0.25) is 4.79 Å². The molecule has 0 bridgehead atoms. The third-order valence-corrected chi connectivity index (χ3v) is 4.19. The standard InChI is InChI=1S/C14H26N2O3/c1-10-5-7-14(8-6-10,13(18)19)16-12(17)11(2)4-3-9-15/h10-11H,3-9,15H2,1-2H3,(H,16,17)(H,18,19). The SMILES string of the molecule is CC1CCC(NC(=O)C(C)CCCN)(C(=O)O)CC1. The van der Waals surface area contributed by atoms with Crippen molar-refractivity contribution in [3.05, 3.63) is 0 Å². The summed E-state index contributed by atoms with van der Waals surface area (Å²) in [6, 6.07) is 0. The lowest BCUT2D eigenvalue weighted by atomic mass is 9.77. The molecule has 1 unspecified atom stereocenters. The van der Waals surface area contributed by atoms with E-state index in [1.54, 1.807) is 0 Å². The highest BCUT2D eigenvalue weighted by Crippen LogP contribution is 2.32. The molecule has 4 N–H and O–H groups in total. The van der Waals surface area contributed by atoms with Gasteiger partial charge in [-0.05, 0) is 51.0 Å². The van der Waals surface area contributed by atoms with Crippen LogP contribution in [0.5, 0.6) is 0 Å². The van der Waals surface area contributed by atoms with E-state index >= 15 is 0 Å². The van der Waals surface area contributed by atoms with Gasteiger partial charge in [0.2, 0.25) is 5.91 Å². The van der Waals surface area contributed by atoms with Gasteiger partial charge in [-0.25, -0.2) is 4.79 Å². The van der Waals surface area contributed by atoms with E-state index in [4.69, 9.17) is 5.73 Å². The van der Waals surface area contributed by atoms with Crippen LogP contribution >= 0.6 is 0 Å². The number of rotatable bonds is 6. The van der Waals surface area contributed by atoms with Gasteiger partial charge in [0.1, 0.15) is 5.54 Å².